The van der Waals surface area contributed by atoms with Gasteiger partial charge in [-0.2, -0.15) is 5.10 Å². The Hall–Kier alpha value is -1.36. The Balaban J connectivity index is 1.94. The quantitative estimate of drug-likeness (QED) is 0.834. The summed E-state index contributed by atoms with van der Waals surface area (Å²) in [5.41, 5.74) is 0.641. The Kier molecular flexibility index (Phi) is 3.47. The van der Waals surface area contributed by atoms with Crippen LogP contribution in [0.25, 0.3) is 0 Å². The molecule has 0 radical (unpaired) electrons. The lowest BCUT2D eigenvalue weighted by atomic mass is 10.0. The second-order valence-corrected chi connectivity index (χ2v) is 5.10. The first kappa shape index (κ1) is 12.1. The molecule has 0 atom stereocenters. The Bertz CT molecular complexity index is 394. The van der Waals surface area contributed by atoms with Crippen LogP contribution in [0.4, 0.5) is 0 Å². The largest absolute Gasteiger partial charge is 0.396 e. The van der Waals surface area contributed by atoms with Crippen LogP contribution in [0, 0.1) is 11.8 Å². The Morgan fingerprint density at radius 2 is 2.29 bits per heavy atom. The summed E-state index contributed by atoms with van der Waals surface area (Å²) in [4.78, 5) is 13.7. The lowest BCUT2D eigenvalue weighted by Crippen LogP contribution is -2.51. The Labute approximate surface area is 101 Å². The van der Waals surface area contributed by atoms with Gasteiger partial charge in [0.2, 0.25) is 0 Å². The molecule has 1 fully saturated rings. The van der Waals surface area contributed by atoms with Crippen molar-refractivity contribution in [2.45, 2.75) is 20.4 Å². The Morgan fingerprint density at radius 3 is 2.88 bits per heavy atom. The number of carbonyl (C=O) groups excluding carboxylic acids is 1. The number of aromatic nitrogens is 2. The van der Waals surface area contributed by atoms with Gasteiger partial charge in [-0.3, -0.25) is 9.48 Å². The van der Waals surface area contributed by atoms with Gasteiger partial charge in [0.15, 0.2) is 0 Å². The molecular weight excluding hydrogens is 218 g/mol. The molecule has 0 aromatic carbocycles. The standard InChI is InChI=1S/C12H19N3O2/c1-9(2)4-15-7-11(3-13-15)12(17)14-5-10(6-14)8-16/h3,7,9-10,16H,4-6,8H2,1-2H3. The number of aliphatic hydroxyl groups excluding tert-OH is 1. The van der Waals surface area contributed by atoms with Crippen LogP contribution in [0.2, 0.25) is 0 Å². The summed E-state index contributed by atoms with van der Waals surface area (Å²) in [6, 6.07) is 0. The molecule has 17 heavy (non-hydrogen) atoms. The molecule has 1 saturated heterocycles. The fourth-order valence-corrected chi connectivity index (χ4v) is 1.98. The first-order chi connectivity index (χ1) is 8.10. The predicted molar refractivity (Wildman–Crippen MR) is 63.5 cm³/mol. The zero-order valence-electron chi connectivity index (χ0n) is 10.3. The van der Waals surface area contributed by atoms with Gasteiger partial charge in [0.1, 0.15) is 0 Å². The number of aliphatic hydroxyl groups is 1. The maximum absolute atomic E-state index is 12.0. The molecule has 5 nitrogen and oxygen atoms in total. The third-order valence-corrected chi connectivity index (χ3v) is 2.93. The van der Waals surface area contributed by atoms with E-state index in [2.05, 4.69) is 18.9 Å². The van der Waals surface area contributed by atoms with Gasteiger partial charge in [-0.15, -0.1) is 0 Å². The smallest absolute Gasteiger partial charge is 0.257 e. The van der Waals surface area contributed by atoms with Gasteiger partial charge in [-0.1, -0.05) is 13.8 Å². The van der Waals surface area contributed by atoms with E-state index in [-0.39, 0.29) is 18.4 Å². The molecule has 1 amide bonds. The molecule has 0 aliphatic carbocycles. The van der Waals surface area contributed by atoms with Gasteiger partial charge in [0.25, 0.3) is 5.91 Å². The Morgan fingerprint density at radius 1 is 1.59 bits per heavy atom. The monoisotopic (exact) mass is 237 g/mol. The number of likely N-dealkylation sites (tertiary alicyclic amines) is 1. The van der Waals surface area contributed by atoms with Crippen molar-refractivity contribution >= 4 is 5.91 Å². The van der Waals surface area contributed by atoms with Gasteiger partial charge in [-0.25, -0.2) is 0 Å². The minimum atomic E-state index is 0.0182. The average molecular weight is 237 g/mol. The van der Waals surface area contributed by atoms with Crippen LogP contribution in [0.5, 0.6) is 0 Å². The second-order valence-electron chi connectivity index (χ2n) is 5.10. The number of rotatable bonds is 4. The van der Waals surface area contributed by atoms with Crippen LogP contribution in [0.15, 0.2) is 12.4 Å². The molecule has 2 rings (SSSR count). The fraction of sp³-hybridized carbons (Fsp3) is 0.667. The van der Waals surface area contributed by atoms with Crippen molar-refractivity contribution in [1.82, 2.24) is 14.7 Å². The van der Waals surface area contributed by atoms with Crippen LogP contribution in [0.1, 0.15) is 24.2 Å². The zero-order chi connectivity index (χ0) is 12.4. The highest BCUT2D eigenvalue weighted by Crippen LogP contribution is 2.17. The summed E-state index contributed by atoms with van der Waals surface area (Å²) in [6.45, 7) is 6.53. The summed E-state index contributed by atoms with van der Waals surface area (Å²) in [5.74, 6) is 0.787. The van der Waals surface area contributed by atoms with Crippen molar-refractivity contribution in [1.29, 1.82) is 0 Å². The van der Waals surface area contributed by atoms with Gasteiger partial charge in [-0.05, 0) is 5.92 Å². The molecule has 1 aromatic rings. The zero-order valence-corrected chi connectivity index (χ0v) is 10.3. The molecule has 0 spiro atoms. The molecule has 1 aromatic heterocycles. The van der Waals surface area contributed by atoms with Gasteiger partial charge >= 0.3 is 0 Å². The van der Waals surface area contributed by atoms with Crippen LogP contribution in [-0.4, -0.2) is 45.4 Å². The van der Waals surface area contributed by atoms with E-state index in [1.54, 1.807) is 22.0 Å². The molecule has 0 bridgehead atoms. The number of hydrogen-bond acceptors (Lipinski definition) is 3. The molecule has 0 unspecified atom stereocenters. The number of carbonyl (C=O) groups is 1. The van der Waals surface area contributed by atoms with Gasteiger partial charge in [0.05, 0.1) is 11.8 Å². The summed E-state index contributed by atoms with van der Waals surface area (Å²) < 4.78 is 1.81. The van der Waals surface area contributed by atoms with Crippen LogP contribution in [0.3, 0.4) is 0 Å². The lowest BCUT2D eigenvalue weighted by molar-refractivity contribution is 0.0362. The van der Waals surface area contributed by atoms with E-state index in [4.69, 9.17) is 5.11 Å². The van der Waals surface area contributed by atoms with Gasteiger partial charge in [0, 0.05) is 38.4 Å². The van der Waals surface area contributed by atoms with Crippen LogP contribution in [-0.2, 0) is 6.54 Å². The summed E-state index contributed by atoms with van der Waals surface area (Å²) in [5, 5.41) is 13.1. The third-order valence-electron chi connectivity index (χ3n) is 2.93. The highest BCUT2D eigenvalue weighted by molar-refractivity contribution is 5.94. The maximum atomic E-state index is 12.0. The predicted octanol–water partition coefficient (Wildman–Crippen LogP) is 0.603. The lowest BCUT2D eigenvalue weighted by Gasteiger charge is -2.37. The number of hydrogen-bond donors (Lipinski definition) is 1. The third kappa shape index (κ3) is 2.66. The summed E-state index contributed by atoms with van der Waals surface area (Å²) >= 11 is 0. The summed E-state index contributed by atoms with van der Waals surface area (Å²) in [7, 11) is 0. The molecule has 1 N–H and O–H groups in total. The van der Waals surface area contributed by atoms with Crippen molar-refractivity contribution < 1.29 is 9.90 Å². The van der Waals surface area contributed by atoms with Crippen molar-refractivity contribution in [2.24, 2.45) is 11.8 Å². The van der Waals surface area contributed by atoms with E-state index >= 15 is 0 Å². The topological polar surface area (TPSA) is 58.4 Å². The SMILES string of the molecule is CC(C)Cn1cc(C(=O)N2CC(CO)C2)cn1. The van der Waals surface area contributed by atoms with Crippen LogP contribution >= 0.6 is 0 Å². The highest BCUT2D eigenvalue weighted by atomic mass is 16.3. The van der Waals surface area contributed by atoms with Crippen LogP contribution < -0.4 is 0 Å². The minimum Gasteiger partial charge on any atom is -0.396 e. The van der Waals surface area contributed by atoms with E-state index in [0.717, 1.165) is 6.54 Å². The molecule has 5 heteroatoms. The van der Waals surface area contributed by atoms with Crippen molar-refractivity contribution in [3.8, 4) is 0 Å². The average Bonchev–Trinajstić information content (AvgIpc) is 2.63. The van der Waals surface area contributed by atoms with Crippen molar-refractivity contribution in [2.75, 3.05) is 19.7 Å². The molecular formula is C12H19N3O2. The molecule has 94 valence electrons. The molecule has 0 saturated carbocycles. The van der Waals surface area contributed by atoms with Crippen molar-refractivity contribution in [3.63, 3.8) is 0 Å². The highest BCUT2D eigenvalue weighted by Gasteiger charge is 2.30. The van der Waals surface area contributed by atoms with E-state index in [1.807, 2.05) is 0 Å². The molecule has 1 aliphatic rings. The van der Waals surface area contributed by atoms with E-state index < -0.39 is 0 Å². The number of amides is 1. The maximum Gasteiger partial charge on any atom is 0.257 e. The first-order valence-corrected chi connectivity index (χ1v) is 6.02. The van der Waals surface area contributed by atoms with E-state index in [0.29, 0.717) is 24.6 Å². The van der Waals surface area contributed by atoms with E-state index in [9.17, 15) is 4.79 Å². The first-order valence-electron chi connectivity index (χ1n) is 6.02. The van der Waals surface area contributed by atoms with E-state index in [1.165, 1.54) is 0 Å². The van der Waals surface area contributed by atoms with Crippen molar-refractivity contribution in [3.05, 3.63) is 18.0 Å². The van der Waals surface area contributed by atoms with Gasteiger partial charge < -0.3 is 10.0 Å². The molecule has 2 heterocycles. The normalized spacial score (nSPS) is 16.4. The fourth-order valence-electron chi connectivity index (χ4n) is 1.98. The molecule has 1 aliphatic heterocycles. The minimum absolute atomic E-state index is 0.0182. The second kappa shape index (κ2) is 4.87. The summed E-state index contributed by atoms with van der Waals surface area (Å²) in [6.07, 6.45) is 3.42. The number of nitrogens with zero attached hydrogens (tertiary/aromatic N) is 3.